The van der Waals surface area contributed by atoms with Crippen molar-refractivity contribution >= 4 is 0 Å². The quantitative estimate of drug-likeness (QED) is 0.781. The van der Waals surface area contributed by atoms with Crippen LogP contribution in [0.25, 0.3) is 11.1 Å². The number of aryl methyl sites for hydroxylation is 3. The minimum atomic E-state index is -0.417. The summed E-state index contributed by atoms with van der Waals surface area (Å²) in [7, 11) is 0. The fourth-order valence-electron chi connectivity index (χ4n) is 2.35. The van der Waals surface area contributed by atoms with E-state index in [2.05, 4.69) is 12.1 Å². The molecule has 2 rings (SSSR count). The van der Waals surface area contributed by atoms with Crippen LogP contribution in [-0.2, 0) is 0 Å². The Hall–Kier alpha value is -1.83. The standard InChI is InChI=1S/C15H15FO/c1-9-4-10(2)15(11(3)5-9)12-6-13(16)8-14(17)7-12/h4-8,17H,1-3H3. The molecule has 1 nitrogen and oxygen atoms in total. The van der Waals surface area contributed by atoms with Crippen molar-refractivity contribution in [3.63, 3.8) is 0 Å². The Morgan fingerprint density at radius 2 is 1.47 bits per heavy atom. The van der Waals surface area contributed by atoms with Gasteiger partial charge >= 0.3 is 0 Å². The average Bonchev–Trinajstić information content (AvgIpc) is 2.13. The van der Waals surface area contributed by atoms with E-state index in [1.54, 1.807) is 6.07 Å². The van der Waals surface area contributed by atoms with Gasteiger partial charge in [-0.05, 0) is 55.2 Å². The van der Waals surface area contributed by atoms with Crippen molar-refractivity contribution in [2.24, 2.45) is 0 Å². The van der Waals surface area contributed by atoms with E-state index in [0.717, 1.165) is 28.3 Å². The first-order valence-electron chi connectivity index (χ1n) is 5.55. The third-order valence-corrected chi connectivity index (χ3v) is 2.85. The predicted octanol–water partition coefficient (Wildman–Crippen LogP) is 4.12. The monoisotopic (exact) mass is 230 g/mol. The van der Waals surface area contributed by atoms with Crippen molar-refractivity contribution in [2.75, 3.05) is 0 Å². The van der Waals surface area contributed by atoms with Gasteiger partial charge in [-0.25, -0.2) is 4.39 Å². The second-order valence-corrected chi connectivity index (χ2v) is 4.47. The van der Waals surface area contributed by atoms with E-state index in [1.807, 2.05) is 20.8 Å². The number of phenols is 1. The van der Waals surface area contributed by atoms with E-state index in [1.165, 1.54) is 11.6 Å². The Balaban J connectivity index is 2.68. The molecular formula is C15H15FO. The molecule has 2 heteroatoms. The molecule has 0 aliphatic rings. The number of halogens is 1. The minimum Gasteiger partial charge on any atom is -0.508 e. The van der Waals surface area contributed by atoms with E-state index in [-0.39, 0.29) is 5.75 Å². The Morgan fingerprint density at radius 3 is 2.00 bits per heavy atom. The van der Waals surface area contributed by atoms with Gasteiger partial charge in [0.25, 0.3) is 0 Å². The van der Waals surface area contributed by atoms with Crippen molar-refractivity contribution < 1.29 is 9.50 Å². The summed E-state index contributed by atoms with van der Waals surface area (Å²) in [5.41, 5.74) is 5.08. The molecule has 0 radical (unpaired) electrons. The first kappa shape index (κ1) is 11.6. The van der Waals surface area contributed by atoms with Crippen LogP contribution in [-0.4, -0.2) is 5.11 Å². The zero-order chi connectivity index (χ0) is 12.6. The fraction of sp³-hybridized carbons (Fsp3) is 0.200. The van der Waals surface area contributed by atoms with Gasteiger partial charge in [-0.1, -0.05) is 17.7 Å². The van der Waals surface area contributed by atoms with Crippen molar-refractivity contribution in [1.29, 1.82) is 0 Å². The highest BCUT2D eigenvalue weighted by molar-refractivity contribution is 5.72. The Labute approximate surface area is 101 Å². The largest absolute Gasteiger partial charge is 0.508 e. The molecule has 88 valence electrons. The minimum absolute atomic E-state index is 0.0422. The van der Waals surface area contributed by atoms with E-state index in [0.29, 0.717) is 0 Å². The average molecular weight is 230 g/mol. The summed E-state index contributed by atoms with van der Waals surface area (Å²) >= 11 is 0. The lowest BCUT2D eigenvalue weighted by molar-refractivity contribution is 0.469. The molecule has 0 saturated carbocycles. The van der Waals surface area contributed by atoms with Gasteiger partial charge in [-0.15, -0.1) is 0 Å². The number of phenolic OH excluding ortho intramolecular Hbond substituents is 1. The van der Waals surface area contributed by atoms with E-state index in [9.17, 15) is 9.50 Å². The summed E-state index contributed by atoms with van der Waals surface area (Å²) in [5.74, 6) is -0.459. The number of hydrogen-bond donors (Lipinski definition) is 1. The van der Waals surface area contributed by atoms with Crippen molar-refractivity contribution in [2.45, 2.75) is 20.8 Å². The molecule has 17 heavy (non-hydrogen) atoms. The van der Waals surface area contributed by atoms with Gasteiger partial charge in [0.05, 0.1) is 0 Å². The lowest BCUT2D eigenvalue weighted by Gasteiger charge is -2.12. The fourth-order valence-corrected chi connectivity index (χ4v) is 2.35. The molecule has 0 aromatic heterocycles. The van der Waals surface area contributed by atoms with E-state index in [4.69, 9.17) is 0 Å². The van der Waals surface area contributed by atoms with Crippen LogP contribution in [0, 0.1) is 26.6 Å². The van der Waals surface area contributed by atoms with Crippen LogP contribution in [0.3, 0.4) is 0 Å². The molecule has 2 aromatic carbocycles. The molecule has 0 spiro atoms. The number of aromatic hydroxyl groups is 1. The Kier molecular flexibility index (Phi) is 2.88. The van der Waals surface area contributed by atoms with Gasteiger partial charge in [-0.2, -0.15) is 0 Å². The molecule has 2 aromatic rings. The first-order chi connectivity index (χ1) is 7.97. The maximum Gasteiger partial charge on any atom is 0.127 e. The van der Waals surface area contributed by atoms with Gasteiger partial charge in [0.2, 0.25) is 0 Å². The van der Waals surface area contributed by atoms with Crippen molar-refractivity contribution in [3.8, 4) is 16.9 Å². The molecule has 0 bridgehead atoms. The highest BCUT2D eigenvalue weighted by Crippen LogP contribution is 2.31. The highest BCUT2D eigenvalue weighted by atomic mass is 19.1. The third-order valence-electron chi connectivity index (χ3n) is 2.85. The van der Waals surface area contributed by atoms with Crippen molar-refractivity contribution in [1.82, 2.24) is 0 Å². The SMILES string of the molecule is Cc1cc(C)c(-c2cc(O)cc(F)c2)c(C)c1. The summed E-state index contributed by atoms with van der Waals surface area (Å²) in [6.07, 6.45) is 0. The summed E-state index contributed by atoms with van der Waals surface area (Å²) in [6.45, 7) is 6.03. The van der Waals surface area contributed by atoms with Gasteiger partial charge in [-0.3, -0.25) is 0 Å². The molecule has 0 aliphatic heterocycles. The molecule has 0 aliphatic carbocycles. The maximum absolute atomic E-state index is 13.3. The molecule has 0 atom stereocenters. The van der Waals surface area contributed by atoms with Crippen LogP contribution in [0.4, 0.5) is 4.39 Å². The molecule has 1 N–H and O–H groups in total. The molecule has 0 saturated heterocycles. The van der Waals surface area contributed by atoms with Gasteiger partial charge in [0.15, 0.2) is 0 Å². The summed E-state index contributed by atoms with van der Waals surface area (Å²) in [4.78, 5) is 0. The molecular weight excluding hydrogens is 215 g/mol. The topological polar surface area (TPSA) is 20.2 Å². The van der Waals surface area contributed by atoms with E-state index < -0.39 is 5.82 Å². The van der Waals surface area contributed by atoms with E-state index >= 15 is 0 Å². The predicted molar refractivity (Wildman–Crippen MR) is 67.7 cm³/mol. The molecule has 0 unspecified atom stereocenters. The van der Waals surface area contributed by atoms with Crippen molar-refractivity contribution in [3.05, 3.63) is 52.8 Å². The highest BCUT2D eigenvalue weighted by Gasteiger charge is 2.09. The Bertz CT molecular complexity index is 530. The zero-order valence-electron chi connectivity index (χ0n) is 10.2. The Morgan fingerprint density at radius 1 is 0.882 bits per heavy atom. The summed E-state index contributed by atoms with van der Waals surface area (Å²) in [5, 5.41) is 9.45. The van der Waals surface area contributed by atoms with Crippen LogP contribution >= 0.6 is 0 Å². The molecule has 0 amide bonds. The lowest BCUT2D eigenvalue weighted by atomic mass is 9.94. The van der Waals surface area contributed by atoms with Crippen LogP contribution in [0.5, 0.6) is 5.75 Å². The van der Waals surface area contributed by atoms with Gasteiger partial charge < -0.3 is 5.11 Å². The van der Waals surface area contributed by atoms with Crippen LogP contribution in [0.15, 0.2) is 30.3 Å². The molecule has 0 heterocycles. The van der Waals surface area contributed by atoms with Crippen LogP contribution < -0.4 is 0 Å². The van der Waals surface area contributed by atoms with Crippen LogP contribution in [0.2, 0.25) is 0 Å². The third kappa shape index (κ3) is 2.31. The van der Waals surface area contributed by atoms with Crippen LogP contribution in [0.1, 0.15) is 16.7 Å². The lowest BCUT2D eigenvalue weighted by Crippen LogP contribution is -1.90. The first-order valence-corrected chi connectivity index (χ1v) is 5.55. The second-order valence-electron chi connectivity index (χ2n) is 4.47. The van der Waals surface area contributed by atoms with Gasteiger partial charge in [0, 0.05) is 6.07 Å². The number of rotatable bonds is 1. The maximum atomic E-state index is 13.3. The number of hydrogen-bond acceptors (Lipinski definition) is 1. The summed E-state index contributed by atoms with van der Waals surface area (Å²) in [6, 6.07) is 8.27. The normalized spacial score (nSPS) is 10.6. The zero-order valence-corrected chi connectivity index (χ0v) is 10.2. The second kappa shape index (κ2) is 4.21. The molecule has 0 fully saturated rings. The summed E-state index contributed by atoms with van der Waals surface area (Å²) < 4.78 is 13.3. The van der Waals surface area contributed by atoms with Gasteiger partial charge in [0.1, 0.15) is 11.6 Å². The smallest absolute Gasteiger partial charge is 0.127 e. The number of benzene rings is 2.